The van der Waals surface area contributed by atoms with Crippen LogP contribution in [0.25, 0.3) is 0 Å². The second kappa shape index (κ2) is 7.48. The maximum absolute atomic E-state index is 3.44. The number of rotatable bonds is 3. The molecule has 2 heterocycles. The molecule has 0 aromatic carbocycles. The number of hydrogen-bond donors (Lipinski definition) is 1. The Hall–Kier alpha value is 0.210. The fourth-order valence-corrected chi connectivity index (χ4v) is 2.72. The number of nitrogens with one attached hydrogen (secondary N) is 1. The summed E-state index contributed by atoms with van der Waals surface area (Å²) in [5, 5.41) is 3.44. The highest BCUT2D eigenvalue weighted by Crippen LogP contribution is 2.17. The van der Waals surface area contributed by atoms with Crippen LogP contribution in [-0.2, 0) is 0 Å². The lowest BCUT2D eigenvalue weighted by atomic mass is 9.94. The second-order valence-corrected chi connectivity index (χ2v) is 4.88. The van der Waals surface area contributed by atoms with Crippen LogP contribution in [0, 0.1) is 5.92 Å². The van der Waals surface area contributed by atoms with Crippen molar-refractivity contribution in [3.05, 3.63) is 0 Å². The highest BCUT2D eigenvalue weighted by Gasteiger charge is 2.15. The summed E-state index contributed by atoms with van der Waals surface area (Å²) in [6.07, 6.45) is 8.60. The molecule has 0 atom stereocenters. The summed E-state index contributed by atoms with van der Waals surface area (Å²) in [5.41, 5.74) is 0. The van der Waals surface area contributed by atoms with E-state index in [1.54, 1.807) is 0 Å². The standard InChI is InChI=1S/C12H24N2.ClH/c1-2-9-14(10-3-1)11-6-12-4-7-13-8-5-12;/h12-13H,1-11H2;1H. The van der Waals surface area contributed by atoms with Crippen molar-refractivity contribution in [2.75, 3.05) is 32.7 Å². The predicted molar refractivity (Wildman–Crippen MR) is 67.7 cm³/mol. The number of halogens is 1. The van der Waals surface area contributed by atoms with Crippen LogP contribution in [0.2, 0.25) is 0 Å². The Kier molecular flexibility index (Phi) is 6.62. The third-order valence-corrected chi connectivity index (χ3v) is 3.76. The fourth-order valence-electron chi connectivity index (χ4n) is 2.72. The van der Waals surface area contributed by atoms with Crippen molar-refractivity contribution in [3.63, 3.8) is 0 Å². The summed E-state index contributed by atoms with van der Waals surface area (Å²) in [7, 11) is 0. The van der Waals surface area contributed by atoms with Gasteiger partial charge in [-0.05, 0) is 70.7 Å². The van der Waals surface area contributed by atoms with Crippen LogP contribution in [0.4, 0.5) is 0 Å². The predicted octanol–water partition coefficient (Wildman–Crippen LogP) is 2.28. The molecule has 2 saturated heterocycles. The lowest BCUT2D eigenvalue weighted by Gasteiger charge is -2.29. The number of nitrogens with zero attached hydrogens (tertiary/aromatic N) is 1. The van der Waals surface area contributed by atoms with Gasteiger partial charge in [0.05, 0.1) is 0 Å². The molecule has 0 spiro atoms. The maximum Gasteiger partial charge on any atom is -0.00161 e. The van der Waals surface area contributed by atoms with Gasteiger partial charge in [0.1, 0.15) is 0 Å². The van der Waals surface area contributed by atoms with E-state index in [4.69, 9.17) is 0 Å². The summed E-state index contributed by atoms with van der Waals surface area (Å²) < 4.78 is 0. The minimum absolute atomic E-state index is 0. The molecular formula is C12H25ClN2. The summed E-state index contributed by atoms with van der Waals surface area (Å²) in [6, 6.07) is 0. The van der Waals surface area contributed by atoms with E-state index in [0.717, 1.165) is 5.92 Å². The fraction of sp³-hybridized carbons (Fsp3) is 1.00. The minimum Gasteiger partial charge on any atom is -0.317 e. The van der Waals surface area contributed by atoms with Crippen LogP contribution in [0.5, 0.6) is 0 Å². The molecule has 2 nitrogen and oxygen atoms in total. The molecule has 0 aliphatic carbocycles. The van der Waals surface area contributed by atoms with Crippen LogP contribution in [-0.4, -0.2) is 37.6 Å². The van der Waals surface area contributed by atoms with Crippen LogP contribution >= 0.6 is 12.4 Å². The summed E-state index contributed by atoms with van der Waals surface area (Å²) >= 11 is 0. The van der Waals surface area contributed by atoms with Crippen LogP contribution in [0.3, 0.4) is 0 Å². The average Bonchev–Trinajstić information content (AvgIpc) is 2.29. The van der Waals surface area contributed by atoms with Gasteiger partial charge in [-0.3, -0.25) is 0 Å². The number of likely N-dealkylation sites (tertiary alicyclic amines) is 1. The number of hydrogen-bond acceptors (Lipinski definition) is 2. The smallest absolute Gasteiger partial charge is 0.00161 e. The van der Waals surface area contributed by atoms with Gasteiger partial charge in [-0.2, -0.15) is 0 Å². The van der Waals surface area contributed by atoms with E-state index < -0.39 is 0 Å². The van der Waals surface area contributed by atoms with Gasteiger partial charge in [-0.25, -0.2) is 0 Å². The first kappa shape index (κ1) is 13.3. The van der Waals surface area contributed by atoms with Crippen molar-refractivity contribution >= 4 is 12.4 Å². The molecule has 0 saturated carbocycles. The molecule has 1 N–H and O–H groups in total. The van der Waals surface area contributed by atoms with E-state index in [1.165, 1.54) is 71.2 Å². The average molecular weight is 233 g/mol. The molecule has 2 fully saturated rings. The Labute approximate surface area is 100 Å². The molecule has 0 radical (unpaired) electrons. The first-order valence-electron chi connectivity index (χ1n) is 6.38. The second-order valence-electron chi connectivity index (χ2n) is 4.88. The van der Waals surface area contributed by atoms with E-state index in [1.807, 2.05) is 0 Å². The largest absolute Gasteiger partial charge is 0.317 e. The van der Waals surface area contributed by atoms with Gasteiger partial charge in [0, 0.05) is 0 Å². The zero-order valence-electron chi connectivity index (χ0n) is 9.71. The normalized spacial score (nSPS) is 24.8. The highest BCUT2D eigenvalue weighted by molar-refractivity contribution is 5.85. The SMILES string of the molecule is C1CCN(CCC2CCNCC2)CC1.Cl. The molecule has 0 unspecified atom stereocenters. The summed E-state index contributed by atoms with van der Waals surface area (Å²) in [4.78, 5) is 2.67. The van der Waals surface area contributed by atoms with Crippen LogP contribution in [0.15, 0.2) is 0 Å². The molecule has 90 valence electrons. The molecular weight excluding hydrogens is 208 g/mol. The molecule has 15 heavy (non-hydrogen) atoms. The Morgan fingerprint density at radius 2 is 1.67 bits per heavy atom. The van der Waals surface area contributed by atoms with E-state index in [-0.39, 0.29) is 12.4 Å². The topological polar surface area (TPSA) is 15.3 Å². The van der Waals surface area contributed by atoms with E-state index in [0.29, 0.717) is 0 Å². The molecule has 0 aromatic rings. The summed E-state index contributed by atoms with van der Waals surface area (Å²) in [5.74, 6) is 1.01. The van der Waals surface area contributed by atoms with Crippen molar-refractivity contribution in [2.45, 2.75) is 38.5 Å². The van der Waals surface area contributed by atoms with Crippen molar-refractivity contribution in [3.8, 4) is 0 Å². The molecule has 2 aliphatic rings. The molecule has 0 bridgehead atoms. The van der Waals surface area contributed by atoms with Crippen molar-refractivity contribution in [1.82, 2.24) is 10.2 Å². The Balaban J connectivity index is 0.00000112. The molecule has 3 heteroatoms. The molecule has 0 aromatic heterocycles. The van der Waals surface area contributed by atoms with E-state index in [9.17, 15) is 0 Å². The minimum atomic E-state index is 0. The van der Waals surface area contributed by atoms with Gasteiger partial charge in [-0.15, -0.1) is 12.4 Å². The van der Waals surface area contributed by atoms with Gasteiger partial charge in [-0.1, -0.05) is 6.42 Å². The van der Waals surface area contributed by atoms with Gasteiger partial charge >= 0.3 is 0 Å². The Morgan fingerprint density at radius 1 is 1.00 bits per heavy atom. The van der Waals surface area contributed by atoms with E-state index in [2.05, 4.69) is 10.2 Å². The molecule has 0 amide bonds. The Bertz CT molecular complexity index is 134. The maximum atomic E-state index is 3.44. The molecule has 2 aliphatic heterocycles. The zero-order valence-corrected chi connectivity index (χ0v) is 10.5. The van der Waals surface area contributed by atoms with E-state index >= 15 is 0 Å². The van der Waals surface area contributed by atoms with Crippen LogP contribution < -0.4 is 5.32 Å². The van der Waals surface area contributed by atoms with Gasteiger partial charge in [0.2, 0.25) is 0 Å². The lowest BCUT2D eigenvalue weighted by molar-refractivity contribution is 0.203. The Morgan fingerprint density at radius 3 is 2.33 bits per heavy atom. The molecule has 2 rings (SSSR count). The van der Waals surface area contributed by atoms with Crippen molar-refractivity contribution in [1.29, 1.82) is 0 Å². The third-order valence-electron chi connectivity index (χ3n) is 3.76. The number of piperidine rings is 2. The van der Waals surface area contributed by atoms with Gasteiger partial charge in [0.25, 0.3) is 0 Å². The van der Waals surface area contributed by atoms with Gasteiger partial charge < -0.3 is 10.2 Å². The van der Waals surface area contributed by atoms with Crippen molar-refractivity contribution in [2.24, 2.45) is 5.92 Å². The quantitative estimate of drug-likeness (QED) is 0.804. The first-order valence-corrected chi connectivity index (χ1v) is 6.38. The zero-order chi connectivity index (χ0) is 9.64. The van der Waals surface area contributed by atoms with Gasteiger partial charge in [0.15, 0.2) is 0 Å². The first-order chi connectivity index (χ1) is 6.95. The highest BCUT2D eigenvalue weighted by atomic mass is 35.5. The summed E-state index contributed by atoms with van der Waals surface area (Å²) in [6.45, 7) is 6.61. The monoisotopic (exact) mass is 232 g/mol. The van der Waals surface area contributed by atoms with Crippen LogP contribution in [0.1, 0.15) is 38.5 Å². The third kappa shape index (κ3) is 4.71. The lowest BCUT2D eigenvalue weighted by Crippen LogP contribution is -2.34. The van der Waals surface area contributed by atoms with Crippen molar-refractivity contribution < 1.29 is 0 Å².